The molecule has 0 saturated heterocycles. The van der Waals surface area contributed by atoms with Crippen LogP contribution in [0.2, 0.25) is 0 Å². The van der Waals surface area contributed by atoms with Gasteiger partial charge in [-0.05, 0) is 55.9 Å². The maximum absolute atomic E-state index is 12.3. The average Bonchev–Trinajstić information content (AvgIpc) is 3.00. The minimum atomic E-state index is -0.591. The zero-order valence-corrected chi connectivity index (χ0v) is 16.4. The molecule has 1 atom stereocenters. The van der Waals surface area contributed by atoms with E-state index in [4.69, 9.17) is 4.74 Å². The molecule has 1 unspecified atom stereocenters. The summed E-state index contributed by atoms with van der Waals surface area (Å²) in [6.45, 7) is 5.94. The number of hydrogen-bond acceptors (Lipinski definition) is 6. The van der Waals surface area contributed by atoms with Crippen LogP contribution in [0.15, 0.2) is 22.5 Å². The quantitative estimate of drug-likeness (QED) is 0.600. The first-order chi connectivity index (χ1) is 12.0. The van der Waals surface area contributed by atoms with E-state index in [1.807, 2.05) is 6.07 Å². The lowest BCUT2D eigenvalue weighted by atomic mass is 9.92. The van der Waals surface area contributed by atoms with E-state index in [1.165, 1.54) is 35.3 Å². The van der Waals surface area contributed by atoms with E-state index in [9.17, 15) is 4.79 Å². The fourth-order valence-corrected chi connectivity index (χ4v) is 4.74. The minimum absolute atomic E-state index is 0.213. The van der Waals surface area contributed by atoms with E-state index >= 15 is 0 Å². The molecule has 1 aliphatic carbocycles. The lowest BCUT2D eigenvalue weighted by molar-refractivity contribution is -0.122. The molecule has 25 heavy (non-hydrogen) atoms. The molecule has 2 aromatic rings. The van der Waals surface area contributed by atoms with Crippen LogP contribution in [0, 0.1) is 0 Å². The Morgan fingerprint density at radius 2 is 1.96 bits per heavy atom. The van der Waals surface area contributed by atoms with Gasteiger partial charge in [0.1, 0.15) is 5.75 Å². The molecule has 1 aromatic carbocycles. The molecule has 0 spiro atoms. The van der Waals surface area contributed by atoms with Crippen molar-refractivity contribution in [3.63, 3.8) is 0 Å². The molecule has 7 heteroatoms. The van der Waals surface area contributed by atoms with Crippen LogP contribution in [0.1, 0.15) is 44.7 Å². The van der Waals surface area contributed by atoms with Gasteiger partial charge in [0.25, 0.3) is 5.91 Å². The van der Waals surface area contributed by atoms with Gasteiger partial charge in [0, 0.05) is 5.25 Å². The van der Waals surface area contributed by atoms with Crippen molar-refractivity contribution in [1.82, 2.24) is 10.2 Å². The Balaban J connectivity index is 1.58. The molecule has 0 bridgehead atoms. The number of aryl methyl sites for hydroxylation is 2. The molecule has 0 saturated carbocycles. The SMILES string of the molecule is CC(C)Sc1nnc(NC(=O)C(C)Oc2ccc3c(c2)CCCC3)s1. The van der Waals surface area contributed by atoms with Crippen molar-refractivity contribution in [3.05, 3.63) is 29.3 Å². The number of ether oxygens (including phenoxy) is 1. The highest BCUT2D eigenvalue weighted by Gasteiger charge is 2.18. The van der Waals surface area contributed by atoms with Crippen molar-refractivity contribution in [3.8, 4) is 5.75 Å². The Morgan fingerprint density at radius 1 is 1.20 bits per heavy atom. The molecule has 1 aromatic heterocycles. The lowest BCUT2D eigenvalue weighted by Crippen LogP contribution is -2.30. The molecule has 1 N–H and O–H groups in total. The van der Waals surface area contributed by atoms with Crippen LogP contribution >= 0.6 is 23.1 Å². The van der Waals surface area contributed by atoms with E-state index in [0.29, 0.717) is 10.4 Å². The highest BCUT2D eigenvalue weighted by atomic mass is 32.2. The maximum atomic E-state index is 12.3. The van der Waals surface area contributed by atoms with E-state index in [2.05, 4.69) is 41.5 Å². The van der Waals surface area contributed by atoms with Gasteiger partial charge in [-0.2, -0.15) is 0 Å². The summed E-state index contributed by atoms with van der Waals surface area (Å²) >= 11 is 3.02. The first kappa shape index (κ1) is 18.2. The predicted molar refractivity (Wildman–Crippen MR) is 103 cm³/mol. The molecular weight excluding hydrogens is 354 g/mol. The van der Waals surface area contributed by atoms with Gasteiger partial charge in [0.15, 0.2) is 10.4 Å². The summed E-state index contributed by atoms with van der Waals surface area (Å²) in [4.78, 5) is 12.3. The Kier molecular flexibility index (Phi) is 5.96. The third-order valence-electron chi connectivity index (χ3n) is 3.98. The van der Waals surface area contributed by atoms with Crippen LogP contribution in [0.5, 0.6) is 5.75 Å². The number of carbonyl (C=O) groups is 1. The Hall–Kier alpha value is -1.60. The average molecular weight is 378 g/mol. The number of nitrogens with zero attached hydrogens (tertiary/aromatic N) is 2. The predicted octanol–water partition coefficient (Wildman–Crippen LogP) is 4.32. The largest absolute Gasteiger partial charge is 0.481 e. The molecule has 0 fully saturated rings. The number of hydrogen-bond donors (Lipinski definition) is 1. The summed E-state index contributed by atoms with van der Waals surface area (Å²) in [5.41, 5.74) is 2.75. The van der Waals surface area contributed by atoms with Gasteiger partial charge in [-0.1, -0.05) is 43.0 Å². The molecule has 1 amide bonds. The summed E-state index contributed by atoms with van der Waals surface area (Å²) in [5.74, 6) is 0.534. The molecule has 0 radical (unpaired) electrons. The summed E-state index contributed by atoms with van der Waals surface area (Å²) in [6.07, 6.45) is 4.12. The first-order valence-corrected chi connectivity index (χ1v) is 10.3. The van der Waals surface area contributed by atoms with Crippen LogP contribution in [0.4, 0.5) is 5.13 Å². The molecular formula is C18H23N3O2S2. The van der Waals surface area contributed by atoms with E-state index in [1.54, 1.807) is 18.7 Å². The standard InChI is InChI=1S/C18H23N3O2S2/c1-11(2)24-18-21-20-17(25-18)19-16(22)12(3)23-15-9-8-13-6-4-5-7-14(13)10-15/h8-12H,4-7H2,1-3H3,(H,19,20,22). The van der Waals surface area contributed by atoms with Crippen LogP contribution in [-0.2, 0) is 17.6 Å². The van der Waals surface area contributed by atoms with Crippen molar-refractivity contribution in [2.24, 2.45) is 0 Å². The number of thioether (sulfide) groups is 1. The first-order valence-electron chi connectivity index (χ1n) is 8.61. The minimum Gasteiger partial charge on any atom is -0.481 e. The highest BCUT2D eigenvalue weighted by molar-refractivity contribution is 8.01. The molecule has 134 valence electrons. The van der Waals surface area contributed by atoms with E-state index in [0.717, 1.165) is 22.9 Å². The molecule has 3 rings (SSSR count). The third kappa shape index (κ3) is 4.95. The molecule has 1 aliphatic rings. The van der Waals surface area contributed by atoms with Crippen molar-refractivity contribution >= 4 is 34.1 Å². The van der Waals surface area contributed by atoms with Crippen molar-refractivity contribution < 1.29 is 9.53 Å². The second-order valence-corrected chi connectivity index (χ2v) is 9.23. The number of amides is 1. The number of rotatable bonds is 6. The summed E-state index contributed by atoms with van der Waals surface area (Å²) in [7, 11) is 0. The lowest BCUT2D eigenvalue weighted by Gasteiger charge is -2.18. The zero-order valence-electron chi connectivity index (χ0n) is 14.7. The topological polar surface area (TPSA) is 64.1 Å². The highest BCUT2D eigenvalue weighted by Crippen LogP contribution is 2.29. The smallest absolute Gasteiger partial charge is 0.266 e. The Bertz CT molecular complexity index is 746. The second-order valence-electron chi connectivity index (χ2n) is 6.43. The van der Waals surface area contributed by atoms with Gasteiger partial charge in [-0.3, -0.25) is 10.1 Å². The summed E-state index contributed by atoms with van der Waals surface area (Å²) in [5, 5.41) is 11.8. The molecule has 1 heterocycles. The van der Waals surface area contributed by atoms with E-state index < -0.39 is 6.10 Å². The number of carbonyl (C=O) groups excluding carboxylic acids is 1. The number of benzene rings is 1. The number of fused-ring (bicyclic) bond motifs is 1. The van der Waals surface area contributed by atoms with Gasteiger partial charge >= 0.3 is 0 Å². The normalized spacial score (nSPS) is 14.9. The van der Waals surface area contributed by atoms with Crippen LogP contribution in [-0.4, -0.2) is 27.5 Å². The second kappa shape index (κ2) is 8.19. The van der Waals surface area contributed by atoms with Crippen molar-refractivity contribution in [1.29, 1.82) is 0 Å². The zero-order chi connectivity index (χ0) is 17.8. The Labute approximate surface area is 156 Å². The summed E-state index contributed by atoms with van der Waals surface area (Å²) in [6, 6.07) is 6.14. The van der Waals surface area contributed by atoms with Crippen LogP contribution < -0.4 is 10.1 Å². The van der Waals surface area contributed by atoms with Crippen LogP contribution in [0.3, 0.4) is 0 Å². The fourth-order valence-electron chi connectivity index (χ4n) is 2.76. The maximum Gasteiger partial charge on any atom is 0.266 e. The van der Waals surface area contributed by atoms with Gasteiger partial charge < -0.3 is 4.74 Å². The molecule has 0 aliphatic heterocycles. The van der Waals surface area contributed by atoms with Crippen molar-refractivity contribution in [2.75, 3.05) is 5.32 Å². The Morgan fingerprint density at radius 3 is 2.72 bits per heavy atom. The number of aromatic nitrogens is 2. The van der Waals surface area contributed by atoms with Crippen LogP contribution in [0.25, 0.3) is 0 Å². The van der Waals surface area contributed by atoms with Gasteiger partial charge in [-0.25, -0.2) is 0 Å². The number of nitrogens with one attached hydrogen (secondary N) is 1. The summed E-state index contributed by atoms with van der Waals surface area (Å²) < 4.78 is 6.68. The monoisotopic (exact) mass is 377 g/mol. The number of anilines is 1. The van der Waals surface area contributed by atoms with Gasteiger partial charge in [0.05, 0.1) is 0 Å². The van der Waals surface area contributed by atoms with Crippen molar-refractivity contribution in [2.45, 2.75) is 62.1 Å². The van der Waals surface area contributed by atoms with E-state index in [-0.39, 0.29) is 5.91 Å². The fraction of sp³-hybridized carbons (Fsp3) is 0.500. The van der Waals surface area contributed by atoms with Gasteiger partial charge in [-0.15, -0.1) is 10.2 Å². The molecule has 5 nitrogen and oxygen atoms in total. The third-order valence-corrected chi connectivity index (χ3v) is 5.90. The van der Waals surface area contributed by atoms with Gasteiger partial charge in [0.2, 0.25) is 5.13 Å².